The third kappa shape index (κ3) is 4.36. The number of hydrogen-bond donors (Lipinski definition) is 1. The molecule has 0 amide bonds. The van der Waals surface area contributed by atoms with Crippen LogP contribution in [0.5, 0.6) is 5.75 Å². The van der Waals surface area contributed by atoms with Gasteiger partial charge >= 0.3 is 0 Å². The minimum Gasteiger partial charge on any atom is -0.485 e. The molecule has 1 N–H and O–H groups in total. The largest absolute Gasteiger partial charge is 0.485 e. The first-order chi connectivity index (χ1) is 9.95. The number of hydrogen-bond acceptors (Lipinski definition) is 3. The number of aryl methyl sites for hydroxylation is 2. The SMILES string of the molecule is Cc1cc(C)c(C)c(OCc2cc(CNC(C)C)co2)c1. The smallest absolute Gasteiger partial charge is 0.146 e. The zero-order chi connectivity index (χ0) is 15.4. The average Bonchev–Trinajstić information content (AvgIpc) is 2.87. The summed E-state index contributed by atoms with van der Waals surface area (Å²) in [6.07, 6.45) is 1.79. The Morgan fingerprint density at radius 1 is 1.14 bits per heavy atom. The van der Waals surface area contributed by atoms with E-state index in [-0.39, 0.29) is 0 Å². The first-order valence-corrected chi connectivity index (χ1v) is 7.46. The zero-order valence-corrected chi connectivity index (χ0v) is 13.6. The molecule has 0 aliphatic heterocycles. The molecule has 3 nitrogen and oxygen atoms in total. The summed E-state index contributed by atoms with van der Waals surface area (Å²) >= 11 is 0. The molecule has 0 saturated heterocycles. The fourth-order valence-corrected chi connectivity index (χ4v) is 2.22. The lowest BCUT2D eigenvalue weighted by molar-refractivity contribution is 0.268. The van der Waals surface area contributed by atoms with E-state index in [1.165, 1.54) is 16.7 Å². The fourth-order valence-electron chi connectivity index (χ4n) is 2.22. The molecule has 21 heavy (non-hydrogen) atoms. The number of benzene rings is 1. The van der Waals surface area contributed by atoms with Gasteiger partial charge in [-0.25, -0.2) is 0 Å². The average molecular weight is 287 g/mol. The molecule has 0 bridgehead atoms. The van der Waals surface area contributed by atoms with Crippen LogP contribution in [0.2, 0.25) is 0 Å². The van der Waals surface area contributed by atoms with E-state index in [0.717, 1.165) is 23.6 Å². The molecule has 0 unspecified atom stereocenters. The molecule has 0 fully saturated rings. The van der Waals surface area contributed by atoms with Crippen molar-refractivity contribution in [2.45, 2.75) is 53.8 Å². The van der Waals surface area contributed by atoms with Crippen molar-refractivity contribution in [3.63, 3.8) is 0 Å². The predicted octanol–water partition coefficient (Wildman–Crippen LogP) is 4.28. The van der Waals surface area contributed by atoms with E-state index in [0.29, 0.717) is 12.6 Å². The molecular weight excluding hydrogens is 262 g/mol. The van der Waals surface area contributed by atoms with Crippen molar-refractivity contribution in [2.75, 3.05) is 0 Å². The molecule has 1 aromatic heterocycles. The molecule has 3 heteroatoms. The quantitative estimate of drug-likeness (QED) is 0.861. The Labute approximate surface area is 127 Å². The van der Waals surface area contributed by atoms with E-state index in [1.807, 2.05) is 6.07 Å². The standard InChI is InChI=1S/C18H25NO2/c1-12(2)19-9-16-8-17(20-10-16)11-21-18-7-13(3)6-14(4)15(18)5/h6-8,10,12,19H,9,11H2,1-5H3. The van der Waals surface area contributed by atoms with Crippen LogP contribution in [0.4, 0.5) is 0 Å². The number of furan rings is 1. The maximum Gasteiger partial charge on any atom is 0.146 e. The van der Waals surface area contributed by atoms with Crippen molar-refractivity contribution in [1.82, 2.24) is 5.32 Å². The minimum atomic E-state index is 0.464. The molecule has 2 rings (SSSR count). The molecule has 0 aliphatic rings. The Balaban J connectivity index is 1.97. The predicted molar refractivity (Wildman–Crippen MR) is 85.7 cm³/mol. The molecule has 2 aromatic rings. The molecule has 114 valence electrons. The van der Waals surface area contributed by atoms with Gasteiger partial charge in [-0.05, 0) is 49.6 Å². The summed E-state index contributed by atoms with van der Waals surface area (Å²) in [5, 5.41) is 3.37. The van der Waals surface area contributed by atoms with Crippen molar-refractivity contribution in [1.29, 1.82) is 0 Å². The van der Waals surface area contributed by atoms with Gasteiger partial charge in [-0.1, -0.05) is 19.9 Å². The van der Waals surface area contributed by atoms with Crippen LogP contribution in [0.1, 0.15) is 41.9 Å². The van der Waals surface area contributed by atoms with Crippen molar-refractivity contribution in [2.24, 2.45) is 0 Å². The van der Waals surface area contributed by atoms with Gasteiger partial charge in [0.1, 0.15) is 18.1 Å². The second-order valence-corrected chi connectivity index (χ2v) is 5.95. The second-order valence-electron chi connectivity index (χ2n) is 5.95. The molecule has 0 aliphatic carbocycles. The third-order valence-corrected chi connectivity index (χ3v) is 3.56. The highest BCUT2D eigenvalue weighted by Crippen LogP contribution is 2.24. The van der Waals surface area contributed by atoms with Crippen LogP contribution in [0, 0.1) is 20.8 Å². The summed E-state index contributed by atoms with van der Waals surface area (Å²) in [5.74, 6) is 1.79. The van der Waals surface area contributed by atoms with Crippen LogP contribution in [-0.4, -0.2) is 6.04 Å². The monoisotopic (exact) mass is 287 g/mol. The van der Waals surface area contributed by atoms with Crippen LogP contribution in [-0.2, 0) is 13.2 Å². The van der Waals surface area contributed by atoms with Gasteiger partial charge in [-0.15, -0.1) is 0 Å². The Morgan fingerprint density at radius 3 is 2.62 bits per heavy atom. The Morgan fingerprint density at radius 2 is 1.90 bits per heavy atom. The second kappa shape index (κ2) is 6.81. The normalized spacial score (nSPS) is 11.1. The molecule has 0 spiro atoms. The van der Waals surface area contributed by atoms with Crippen molar-refractivity contribution >= 4 is 0 Å². The van der Waals surface area contributed by atoms with E-state index in [2.05, 4.69) is 52.1 Å². The van der Waals surface area contributed by atoms with Gasteiger partial charge in [0.25, 0.3) is 0 Å². The van der Waals surface area contributed by atoms with Crippen LogP contribution >= 0.6 is 0 Å². The van der Waals surface area contributed by atoms with Crippen LogP contribution in [0.3, 0.4) is 0 Å². The Bertz CT molecular complexity index is 599. The Hall–Kier alpha value is -1.74. The van der Waals surface area contributed by atoms with Crippen molar-refractivity contribution in [3.8, 4) is 5.75 Å². The minimum absolute atomic E-state index is 0.464. The van der Waals surface area contributed by atoms with Gasteiger partial charge < -0.3 is 14.5 Å². The van der Waals surface area contributed by atoms with Gasteiger partial charge in [0.05, 0.1) is 6.26 Å². The van der Waals surface area contributed by atoms with Gasteiger partial charge in [0.15, 0.2) is 0 Å². The lowest BCUT2D eigenvalue weighted by Crippen LogP contribution is -2.21. The topological polar surface area (TPSA) is 34.4 Å². The van der Waals surface area contributed by atoms with E-state index in [1.54, 1.807) is 6.26 Å². The number of ether oxygens (including phenoxy) is 1. The van der Waals surface area contributed by atoms with E-state index in [9.17, 15) is 0 Å². The van der Waals surface area contributed by atoms with Crippen molar-refractivity contribution in [3.05, 3.63) is 52.5 Å². The highest BCUT2D eigenvalue weighted by molar-refractivity contribution is 5.42. The lowest BCUT2D eigenvalue weighted by atomic mass is 10.1. The van der Waals surface area contributed by atoms with Gasteiger partial charge in [-0.2, -0.15) is 0 Å². The molecule has 0 atom stereocenters. The summed E-state index contributed by atoms with van der Waals surface area (Å²) in [6, 6.07) is 6.77. The van der Waals surface area contributed by atoms with Gasteiger partial charge in [0.2, 0.25) is 0 Å². The summed E-state index contributed by atoms with van der Waals surface area (Å²) in [4.78, 5) is 0. The number of nitrogens with one attached hydrogen (secondary N) is 1. The maximum absolute atomic E-state index is 5.91. The first-order valence-electron chi connectivity index (χ1n) is 7.46. The van der Waals surface area contributed by atoms with Gasteiger partial charge in [-0.3, -0.25) is 0 Å². The van der Waals surface area contributed by atoms with Crippen LogP contribution in [0.25, 0.3) is 0 Å². The third-order valence-electron chi connectivity index (χ3n) is 3.56. The van der Waals surface area contributed by atoms with Gasteiger partial charge in [0, 0.05) is 18.2 Å². The maximum atomic E-state index is 5.91. The van der Waals surface area contributed by atoms with Crippen LogP contribution < -0.4 is 10.1 Å². The molecular formula is C18H25NO2. The summed E-state index contributed by atoms with van der Waals surface area (Å²) in [7, 11) is 0. The first kappa shape index (κ1) is 15.6. The van der Waals surface area contributed by atoms with E-state index >= 15 is 0 Å². The highest BCUT2D eigenvalue weighted by atomic mass is 16.5. The Kier molecular flexibility index (Phi) is 5.07. The molecule has 0 saturated carbocycles. The molecule has 0 radical (unpaired) electrons. The van der Waals surface area contributed by atoms with E-state index < -0.39 is 0 Å². The highest BCUT2D eigenvalue weighted by Gasteiger charge is 2.07. The van der Waals surface area contributed by atoms with Crippen molar-refractivity contribution < 1.29 is 9.15 Å². The van der Waals surface area contributed by atoms with E-state index in [4.69, 9.17) is 9.15 Å². The summed E-state index contributed by atoms with van der Waals surface area (Å²) in [5.41, 5.74) is 4.81. The lowest BCUT2D eigenvalue weighted by Gasteiger charge is -2.11. The fraction of sp³-hybridized carbons (Fsp3) is 0.444. The molecule has 1 aromatic carbocycles. The number of rotatable bonds is 6. The summed E-state index contributed by atoms with van der Waals surface area (Å²) in [6.45, 7) is 11.8. The zero-order valence-electron chi connectivity index (χ0n) is 13.6. The summed E-state index contributed by atoms with van der Waals surface area (Å²) < 4.78 is 11.5. The molecule has 1 heterocycles. The van der Waals surface area contributed by atoms with Crippen LogP contribution in [0.15, 0.2) is 28.9 Å².